The summed E-state index contributed by atoms with van der Waals surface area (Å²) in [6, 6.07) is 13.9. The van der Waals surface area contributed by atoms with Gasteiger partial charge in [0.15, 0.2) is 0 Å². The molecule has 0 saturated carbocycles. The number of fused-ring (bicyclic) bond motifs is 2. The SMILES string of the molecule is Cc1oc2cc3oc(=O)c(CCC(=O)NCCN(C)C)c(C)c3cc2c1-c1ccccc1. The Morgan fingerprint density at radius 1 is 1.00 bits per heavy atom. The van der Waals surface area contributed by atoms with Crippen molar-refractivity contribution >= 4 is 27.8 Å². The van der Waals surface area contributed by atoms with Crippen molar-refractivity contribution in [2.75, 3.05) is 27.2 Å². The first-order chi connectivity index (χ1) is 15.3. The Bertz CT molecular complexity index is 1330. The van der Waals surface area contributed by atoms with Gasteiger partial charge in [-0.2, -0.15) is 0 Å². The van der Waals surface area contributed by atoms with Gasteiger partial charge in [-0.15, -0.1) is 0 Å². The summed E-state index contributed by atoms with van der Waals surface area (Å²) >= 11 is 0. The molecule has 0 unspecified atom stereocenters. The summed E-state index contributed by atoms with van der Waals surface area (Å²) in [6.07, 6.45) is 0.582. The predicted molar refractivity (Wildman–Crippen MR) is 127 cm³/mol. The van der Waals surface area contributed by atoms with Crippen LogP contribution in [-0.2, 0) is 11.2 Å². The Labute approximate surface area is 186 Å². The van der Waals surface area contributed by atoms with Crippen molar-refractivity contribution in [1.29, 1.82) is 0 Å². The minimum Gasteiger partial charge on any atom is -0.461 e. The Balaban J connectivity index is 1.69. The molecule has 0 spiro atoms. The van der Waals surface area contributed by atoms with Crippen LogP contribution in [0.3, 0.4) is 0 Å². The van der Waals surface area contributed by atoms with Crippen molar-refractivity contribution < 1.29 is 13.6 Å². The first-order valence-electron chi connectivity index (χ1n) is 10.8. The van der Waals surface area contributed by atoms with Crippen LogP contribution in [0, 0.1) is 13.8 Å². The summed E-state index contributed by atoms with van der Waals surface area (Å²) in [5.41, 5.74) is 4.28. The number of amides is 1. The molecule has 166 valence electrons. The molecule has 0 aliphatic rings. The van der Waals surface area contributed by atoms with Gasteiger partial charge in [0.1, 0.15) is 16.9 Å². The fraction of sp³-hybridized carbons (Fsp3) is 0.308. The second-order valence-electron chi connectivity index (χ2n) is 8.39. The van der Waals surface area contributed by atoms with Gasteiger partial charge in [-0.3, -0.25) is 4.79 Å². The second kappa shape index (κ2) is 9.01. The second-order valence-corrected chi connectivity index (χ2v) is 8.39. The summed E-state index contributed by atoms with van der Waals surface area (Å²) < 4.78 is 11.6. The monoisotopic (exact) mass is 432 g/mol. The number of carbonyl (C=O) groups excluding carboxylic acids is 1. The molecule has 0 fully saturated rings. The van der Waals surface area contributed by atoms with Gasteiger partial charge >= 0.3 is 5.63 Å². The highest BCUT2D eigenvalue weighted by atomic mass is 16.4. The topological polar surface area (TPSA) is 75.7 Å². The third-order valence-corrected chi connectivity index (χ3v) is 5.82. The van der Waals surface area contributed by atoms with Gasteiger partial charge < -0.3 is 19.1 Å². The van der Waals surface area contributed by atoms with Crippen molar-refractivity contribution in [2.45, 2.75) is 26.7 Å². The summed E-state index contributed by atoms with van der Waals surface area (Å²) in [5, 5.41) is 4.72. The average Bonchev–Trinajstić information content (AvgIpc) is 3.07. The van der Waals surface area contributed by atoms with E-state index < -0.39 is 5.63 Å². The van der Waals surface area contributed by atoms with Crippen LogP contribution in [0.4, 0.5) is 0 Å². The lowest BCUT2D eigenvalue weighted by Gasteiger charge is -2.11. The average molecular weight is 433 g/mol. The van der Waals surface area contributed by atoms with Crippen LogP contribution in [0.2, 0.25) is 0 Å². The first kappa shape index (κ1) is 21.8. The smallest absolute Gasteiger partial charge is 0.339 e. The maximum atomic E-state index is 12.7. The van der Waals surface area contributed by atoms with E-state index >= 15 is 0 Å². The molecule has 4 rings (SSSR count). The fourth-order valence-electron chi connectivity index (χ4n) is 4.10. The maximum Gasteiger partial charge on any atom is 0.339 e. The van der Waals surface area contributed by atoms with E-state index in [0.717, 1.165) is 39.8 Å². The lowest BCUT2D eigenvalue weighted by atomic mass is 9.98. The third kappa shape index (κ3) is 4.32. The van der Waals surface area contributed by atoms with Crippen LogP contribution in [0.25, 0.3) is 33.1 Å². The fourth-order valence-corrected chi connectivity index (χ4v) is 4.10. The van der Waals surface area contributed by atoms with E-state index in [9.17, 15) is 9.59 Å². The highest BCUT2D eigenvalue weighted by Crippen LogP contribution is 2.37. The number of benzene rings is 2. The number of hydrogen-bond donors (Lipinski definition) is 1. The van der Waals surface area contributed by atoms with Crippen molar-refractivity contribution in [1.82, 2.24) is 10.2 Å². The lowest BCUT2D eigenvalue weighted by Crippen LogP contribution is -2.31. The minimum atomic E-state index is -0.401. The molecule has 6 heteroatoms. The quantitative estimate of drug-likeness (QED) is 0.437. The molecule has 2 aromatic heterocycles. The summed E-state index contributed by atoms with van der Waals surface area (Å²) in [7, 11) is 3.91. The molecule has 6 nitrogen and oxygen atoms in total. The van der Waals surface area contributed by atoms with Crippen molar-refractivity contribution in [2.24, 2.45) is 0 Å². The molecular formula is C26H28N2O4. The Morgan fingerprint density at radius 3 is 2.44 bits per heavy atom. The van der Waals surface area contributed by atoms with Crippen molar-refractivity contribution in [3.05, 3.63) is 69.8 Å². The van der Waals surface area contributed by atoms with Crippen LogP contribution >= 0.6 is 0 Å². The number of furan rings is 1. The summed E-state index contributed by atoms with van der Waals surface area (Å²) in [5.74, 6) is 0.745. The first-order valence-corrected chi connectivity index (χ1v) is 10.8. The zero-order chi connectivity index (χ0) is 22.8. The molecule has 0 aliphatic heterocycles. The highest BCUT2D eigenvalue weighted by molar-refractivity contribution is 6.03. The molecule has 0 bridgehead atoms. The van der Waals surface area contributed by atoms with E-state index in [1.807, 2.05) is 57.1 Å². The predicted octanol–water partition coefficient (Wildman–Crippen LogP) is 4.43. The van der Waals surface area contributed by atoms with Crippen molar-refractivity contribution in [3.63, 3.8) is 0 Å². The molecule has 0 atom stereocenters. The van der Waals surface area contributed by atoms with Crippen LogP contribution in [0.5, 0.6) is 0 Å². The van der Waals surface area contributed by atoms with Gasteiger partial charge in [-0.1, -0.05) is 30.3 Å². The molecule has 4 aromatic rings. The van der Waals surface area contributed by atoms with Gasteiger partial charge in [0.25, 0.3) is 0 Å². The molecule has 2 aromatic carbocycles. The standard InChI is InChI=1S/C26H28N2O4/c1-16-19(10-11-24(29)27-12-13-28(3)4)26(30)32-22-15-23-21(14-20(16)22)25(17(2)31-23)18-8-6-5-7-9-18/h5-9,14-15H,10-13H2,1-4H3,(H,27,29). The van der Waals surface area contributed by atoms with Gasteiger partial charge in [-0.25, -0.2) is 4.79 Å². The maximum absolute atomic E-state index is 12.7. The zero-order valence-corrected chi connectivity index (χ0v) is 19.0. The molecule has 1 N–H and O–H groups in total. The van der Waals surface area contributed by atoms with Crippen molar-refractivity contribution in [3.8, 4) is 11.1 Å². The highest BCUT2D eigenvalue weighted by Gasteiger charge is 2.18. The normalized spacial score (nSPS) is 11.5. The van der Waals surface area contributed by atoms with Gasteiger partial charge in [0.2, 0.25) is 5.91 Å². The van der Waals surface area contributed by atoms with Gasteiger partial charge in [-0.05, 0) is 51.6 Å². The number of likely N-dealkylation sites (N-methyl/N-ethyl adjacent to an activating group) is 1. The Hall–Kier alpha value is -3.38. The van der Waals surface area contributed by atoms with E-state index in [2.05, 4.69) is 17.4 Å². The van der Waals surface area contributed by atoms with E-state index in [0.29, 0.717) is 29.7 Å². The molecule has 0 saturated heterocycles. The van der Waals surface area contributed by atoms with Crippen LogP contribution in [-0.4, -0.2) is 38.0 Å². The third-order valence-electron chi connectivity index (χ3n) is 5.82. The molecule has 0 aliphatic carbocycles. The van der Waals surface area contributed by atoms with Crippen LogP contribution in [0.15, 0.2) is 56.1 Å². The van der Waals surface area contributed by atoms with E-state index in [1.54, 1.807) is 6.07 Å². The number of nitrogens with one attached hydrogen (secondary N) is 1. The Kier molecular flexibility index (Phi) is 6.15. The number of carbonyl (C=O) groups is 1. The summed E-state index contributed by atoms with van der Waals surface area (Å²) in [6.45, 7) is 5.21. The molecule has 0 radical (unpaired) electrons. The Morgan fingerprint density at radius 2 is 1.72 bits per heavy atom. The van der Waals surface area contributed by atoms with E-state index in [-0.39, 0.29) is 12.3 Å². The molecule has 32 heavy (non-hydrogen) atoms. The molecular weight excluding hydrogens is 404 g/mol. The minimum absolute atomic E-state index is 0.0713. The van der Waals surface area contributed by atoms with Gasteiger partial charge in [0.05, 0.1) is 0 Å². The van der Waals surface area contributed by atoms with E-state index in [4.69, 9.17) is 8.83 Å². The molecule has 1 amide bonds. The number of hydrogen-bond acceptors (Lipinski definition) is 5. The largest absolute Gasteiger partial charge is 0.461 e. The number of nitrogens with zero attached hydrogens (tertiary/aromatic N) is 1. The number of rotatable bonds is 7. The summed E-state index contributed by atoms with van der Waals surface area (Å²) in [4.78, 5) is 26.9. The van der Waals surface area contributed by atoms with Gasteiger partial charge in [0, 0.05) is 47.5 Å². The van der Waals surface area contributed by atoms with E-state index in [1.165, 1.54) is 0 Å². The number of aryl methyl sites for hydroxylation is 2. The molecule has 2 heterocycles. The van der Waals surface area contributed by atoms with Crippen LogP contribution < -0.4 is 10.9 Å². The lowest BCUT2D eigenvalue weighted by molar-refractivity contribution is -0.121. The van der Waals surface area contributed by atoms with Crippen LogP contribution in [0.1, 0.15) is 23.3 Å². The zero-order valence-electron chi connectivity index (χ0n) is 19.0.